The first-order valence-corrected chi connectivity index (χ1v) is 12.7. The van der Waals surface area contributed by atoms with Crippen molar-refractivity contribution in [2.24, 2.45) is 11.5 Å². The molecule has 0 bridgehead atoms. The van der Waals surface area contributed by atoms with E-state index in [1.807, 2.05) is 0 Å². The molecule has 0 saturated carbocycles. The number of amides is 4. The van der Waals surface area contributed by atoms with Crippen molar-refractivity contribution in [2.75, 3.05) is 0 Å². The highest BCUT2D eigenvalue weighted by Crippen LogP contribution is 2.51. The summed E-state index contributed by atoms with van der Waals surface area (Å²) in [6.07, 6.45) is -2.08. The Hall–Kier alpha value is -5.60. The monoisotopic (exact) mass is 566 g/mol. The van der Waals surface area contributed by atoms with Crippen LogP contribution in [0.25, 0.3) is 43.1 Å². The van der Waals surface area contributed by atoms with Crippen LogP contribution in [0.4, 0.5) is 11.4 Å². The van der Waals surface area contributed by atoms with E-state index in [4.69, 9.17) is 11.5 Å². The number of fused-ring (bicyclic) bond motifs is 2. The van der Waals surface area contributed by atoms with Crippen LogP contribution in [0.15, 0.2) is 36.4 Å². The van der Waals surface area contributed by atoms with Crippen molar-refractivity contribution in [2.45, 2.75) is 26.2 Å². The molecule has 0 spiro atoms. The van der Waals surface area contributed by atoms with Crippen molar-refractivity contribution in [3.63, 3.8) is 0 Å². The number of nitro benzene ring substituents is 2. The van der Waals surface area contributed by atoms with Gasteiger partial charge in [-0.3, -0.25) is 49.2 Å². The van der Waals surface area contributed by atoms with Gasteiger partial charge in [-0.2, -0.15) is 0 Å². The fourth-order valence-corrected chi connectivity index (χ4v) is 6.49. The van der Waals surface area contributed by atoms with Crippen LogP contribution in [0.5, 0.6) is 0 Å². The number of hydrogen-bond acceptors (Lipinski definition) is 10. The van der Waals surface area contributed by atoms with E-state index < -0.39 is 57.2 Å². The number of nitrogens with two attached hydrogens (primary N) is 2. The first-order chi connectivity index (χ1) is 19.9. The maximum absolute atomic E-state index is 13.5. The SMILES string of the molecule is CC(N)N1C(=O)c2ccc3c4c([N+](=O)[O-])cc5c6c(ccc(c7c([N+](=O)[O-])cc(c2c37)C1=O)c64)C(=O)N(C(C)N)C5=O. The maximum atomic E-state index is 13.5. The van der Waals surface area contributed by atoms with Crippen LogP contribution < -0.4 is 11.5 Å². The molecular weight excluding hydrogens is 548 g/mol. The predicted molar refractivity (Wildman–Crippen MR) is 149 cm³/mol. The lowest BCUT2D eigenvalue weighted by Crippen LogP contribution is -2.49. The highest BCUT2D eigenvalue weighted by Gasteiger charge is 2.41. The lowest BCUT2D eigenvalue weighted by Gasteiger charge is -2.32. The van der Waals surface area contributed by atoms with Crippen LogP contribution in [0.1, 0.15) is 55.3 Å². The second-order valence-electron chi connectivity index (χ2n) is 10.4. The first kappa shape index (κ1) is 25.4. The molecule has 7 rings (SSSR count). The van der Waals surface area contributed by atoms with E-state index >= 15 is 0 Å². The van der Waals surface area contributed by atoms with Gasteiger partial charge in [0, 0.05) is 44.8 Å². The molecule has 208 valence electrons. The number of benzene rings is 5. The Balaban J connectivity index is 1.79. The second-order valence-corrected chi connectivity index (χ2v) is 10.4. The number of rotatable bonds is 4. The Morgan fingerprint density at radius 1 is 0.571 bits per heavy atom. The number of imide groups is 2. The summed E-state index contributed by atoms with van der Waals surface area (Å²) in [5.41, 5.74) is 10.6. The summed E-state index contributed by atoms with van der Waals surface area (Å²) in [4.78, 5) is 79.0. The summed E-state index contributed by atoms with van der Waals surface area (Å²) in [6.45, 7) is 2.85. The standard InChI is InChI=1S/C28H18N6O8/c1-9(29)31-25(35)13-5-3-11-22-18(34(41)42)8-16-20-14(26(36)32(10(2)30)28(16)38)6-4-12(24(20)22)21-17(33(39)40)7-15(27(31)37)19(13)23(11)21/h3-10H,29-30H2,1-2H3. The quantitative estimate of drug-likeness (QED) is 0.106. The van der Waals surface area contributed by atoms with Crippen molar-refractivity contribution in [3.8, 4) is 0 Å². The van der Waals surface area contributed by atoms with Crippen LogP contribution in [-0.4, -0.2) is 55.6 Å². The van der Waals surface area contributed by atoms with Crippen LogP contribution in [0.3, 0.4) is 0 Å². The van der Waals surface area contributed by atoms with Gasteiger partial charge in [0.2, 0.25) is 0 Å². The van der Waals surface area contributed by atoms with E-state index in [1.54, 1.807) is 0 Å². The molecule has 2 atom stereocenters. The minimum absolute atomic E-state index is 0.00506. The van der Waals surface area contributed by atoms with Crippen LogP contribution in [0.2, 0.25) is 0 Å². The molecule has 14 heteroatoms. The summed E-state index contributed by atoms with van der Waals surface area (Å²) in [6, 6.07) is 7.75. The summed E-state index contributed by atoms with van der Waals surface area (Å²) in [5, 5.41) is 25.7. The highest BCUT2D eigenvalue weighted by molar-refractivity contribution is 6.43. The Morgan fingerprint density at radius 2 is 0.905 bits per heavy atom. The van der Waals surface area contributed by atoms with E-state index in [0.29, 0.717) is 0 Å². The molecule has 0 radical (unpaired) electrons. The maximum Gasteiger partial charge on any atom is 0.278 e. The molecule has 14 nitrogen and oxygen atoms in total. The topological polar surface area (TPSA) is 213 Å². The number of non-ortho nitro benzene ring substituents is 2. The number of nitrogens with zero attached hydrogens (tertiary/aromatic N) is 4. The van der Waals surface area contributed by atoms with Gasteiger partial charge in [0.15, 0.2) is 0 Å². The lowest BCUT2D eigenvalue weighted by atomic mass is 9.81. The van der Waals surface area contributed by atoms with Crippen molar-refractivity contribution in [1.82, 2.24) is 9.80 Å². The molecule has 4 amide bonds. The van der Waals surface area contributed by atoms with E-state index in [1.165, 1.54) is 38.1 Å². The zero-order chi connectivity index (χ0) is 30.1. The number of carbonyl (C=O) groups excluding carboxylic acids is 4. The molecule has 5 aromatic rings. The molecule has 4 N–H and O–H groups in total. The molecule has 0 aliphatic carbocycles. The van der Waals surface area contributed by atoms with Gasteiger partial charge in [-0.25, -0.2) is 0 Å². The smallest absolute Gasteiger partial charge is 0.278 e. The zero-order valence-electron chi connectivity index (χ0n) is 21.8. The molecule has 0 saturated heterocycles. The van der Waals surface area contributed by atoms with E-state index in [0.717, 1.165) is 21.9 Å². The average Bonchev–Trinajstić information content (AvgIpc) is 2.92. The number of nitro groups is 2. The van der Waals surface area contributed by atoms with Gasteiger partial charge >= 0.3 is 0 Å². The molecule has 2 aliphatic heterocycles. The molecule has 2 unspecified atom stereocenters. The Morgan fingerprint density at radius 3 is 1.21 bits per heavy atom. The third-order valence-corrected chi connectivity index (χ3v) is 8.07. The van der Waals surface area contributed by atoms with Gasteiger partial charge < -0.3 is 11.5 Å². The minimum Gasteiger partial charge on any atom is -0.311 e. The highest BCUT2D eigenvalue weighted by atomic mass is 16.6. The van der Waals surface area contributed by atoms with Crippen molar-refractivity contribution >= 4 is 78.1 Å². The van der Waals surface area contributed by atoms with Crippen LogP contribution in [-0.2, 0) is 0 Å². The predicted octanol–water partition coefficient (Wildman–Crippen LogP) is 3.36. The largest absolute Gasteiger partial charge is 0.311 e. The summed E-state index contributed by atoms with van der Waals surface area (Å²) < 4.78 is 0. The Bertz CT molecular complexity index is 2050. The van der Waals surface area contributed by atoms with Crippen molar-refractivity contribution in [1.29, 1.82) is 0 Å². The molecule has 2 aliphatic rings. The summed E-state index contributed by atoms with van der Waals surface area (Å²) in [7, 11) is 0. The first-order valence-electron chi connectivity index (χ1n) is 12.7. The Kier molecular flexibility index (Phi) is 4.83. The fourth-order valence-electron chi connectivity index (χ4n) is 6.49. The zero-order valence-corrected chi connectivity index (χ0v) is 21.8. The molecule has 0 fully saturated rings. The molecule has 5 aromatic carbocycles. The third-order valence-electron chi connectivity index (χ3n) is 8.07. The van der Waals surface area contributed by atoms with E-state index in [-0.39, 0.29) is 65.3 Å². The second kappa shape index (κ2) is 7.99. The Labute approximate surface area is 233 Å². The molecular formula is C28H18N6O8. The summed E-state index contributed by atoms with van der Waals surface area (Å²) in [5.74, 6) is -3.11. The molecule has 0 aromatic heterocycles. The number of hydrogen-bond donors (Lipinski definition) is 2. The fraction of sp³-hybridized carbons (Fsp3) is 0.143. The summed E-state index contributed by atoms with van der Waals surface area (Å²) >= 11 is 0. The average molecular weight is 566 g/mol. The van der Waals surface area contributed by atoms with Crippen molar-refractivity contribution < 1.29 is 29.0 Å². The van der Waals surface area contributed by atoms with Crippen LogP contribution >= 0.6 is 0 Å². The molecule has 2 heterocycles. The van der Waals surface area contributed by atoms with E-state index in [9.17, 15) is 39.4 Å². The number of carbonyl (C=O) groups is 4. The van der Waals surface area contributed by atoms with Gasteiger partial charge in [0.25, 0.3) is 35.0 Å². The van der Waals surface area contributed by atoms with Crippen molar-refractivity contribution in [3.05, 3.63) is 78.9 Å². The van der Waals surface area contributed by atoms with Gasteiger partial charge in [0.05, 0.1) is 44.1 Å². The molecule has 42 heavy (non-hydrogen) atoms. The van der Waals surface area contributed by atoms with Gasteiger partial charge in [0.1, 0.15) is 0 Å². The third kappa shape index (κ3) is 2.83. The van der Waals surface area contributed by atoms with E-state index in [2.05, 4.69) is 0 Å². The van der Waals surface area contributed by atoms with Gasteiger partial charge in [-0.1, -0.05) is 12.1 Å². The normalized spacial score (nSPS) is 16.4. The minimum atomic E-state index is -1.04. The van der Waals surface area contributed by atoms with Crippen LogP contribution in [0, 0.1) is 20.2 Å². The van der Waals surface area contributed by atoms with Gasteiger partial charge in [-0.05, 0) is 36.8 Å². The van der Waals surface area contributed by atoms with Gasteiger partial charge in [-0.15, -0.1) is 0 Å². The lowest BCUT2D eigenvalue weighted by molar-refractivity contribution is -0.383.